The average Bonchev–Trinajstić information content (AvgIpc) is 2.47. The maximum atomic E-state index is 12.3. The van der Waals surface area contributed by atoms with Gasteiger partial charge in [-0.3, -0.25) is 9.59 Å². The molecule has 1 unspecified atom stereocenters. The zero-order chi connectivity index (χ0) is 14.4. The molecule has 1 fully saturated rings. The Bertz CT molecular complexity index is 488. The molecule has 1 aromatic rings. The SMILES string of the molecule is CNCCc1ccccc1C(=O)NC1CCCNC1=O. The maximum Gasteiger partial charge on any atom is 0.252 e. The number of piperidine rings is 1. The van der Waals surface area contributed by atoms with Crippen LogP contribution in [0.2, 0.25) is 0 Å². The summed E-state index contributed by atoms with van der Waals surface area (Å²) in [6, 6.07) is 7.12. The molecule has 5 nitrogen and oxygen atoms in total. The minimum atomic E-state index is -0.409. The highest BCUT2D eigenvalue weighted by molar-refractivity contribution is 5.98. The van der Waals surface area contributed by atoms with Crippen LogP contribution in [0.15, 0.2) is 24.3 Å². The van der Waals surface area contributed by atoms with Crippen molar-refractivity contribution in [2.45, 2.75) is 25.3 Å². The van der Waals surface area contributed by atoms with Gasteiger partial charge in [-0.25, -0.2) is 0 Å². The fourth-order valence-corrected chi connectivity index (χ4v) is 2.37. The van der Waals surface area contributed by atoms with Crippen molar-refractivity contribution in [3.05, 3.63) is 35.4 Å². The largest absolute Gasteiger partial charge is 0.354 e. The molecule has 1 heterocycles. The molecule has 0 aliphatic carbocycles. The van der Waals surface area contributed by atoms with Gasteiger partial charge in [0.05, 0.1) is 0 Å². The second kappa shape index (κ2) is 7.05. The van der Waals surface area contributed by atoms with Crippen LogP contribution in [-0.2, 0) is 11.2 Å². The lowest BCUT2D eigenvalue weighted by Crippen LogP contribution is -2.50. The van der Waals surface area contributed by atoms with E-state index in [9.17, 15) is 9.59 Å². The van der Waals surface area contributed by atoms with Gasteiger partial charge < -0.3 is 16.0 Å². The van der Waals surface area contributed by atoms with Crippen LogP contribution >= 0.6 is 0 Å². The van der Waals surface area contributed by atoms with E-state index in [0.29, 0.717) is 18.5 Å². The third-order valence-corrected chi connectivity index (χ3v) is 3.50. The first kappa shape index (κ1) is 14.5. The summed E-state index contributed by atoms with van der Waals surface area (Å²) in [5, 5.41) is 8.68. The first-order valence-corrected chi connectivity index (χ1v) is 7.03. The minimum absolute atomic E-state index is 0.0858. The lowest BCUT2D eigenvalue weighted by atomic mass is 10.0. The molecular formula is C15H21N3O2. The summed E-state index contributed by atoms with van der Waals surface area (Å²) in [6.07, 6.45) is 2.39. The Balaban J connectivity index is 2.06. The molecular weight excluding hydrogens is 254 g/mol. The van der Waals surface area contributed by atoms with Gasteiger partial charge in [-0.15, -0.1) is 0 Å². The van der Waals surface area contributed by atoms with Gasteiger partial charge in [-0.2, -0.15) is 0 Å². The van der Waals surface area contributed by atoms with E-state index in [1.807, 2.05) is 25.2 Å². The molecule has 1 atom stereocenters. The molecule has 20 heavy (non-hydrogen) atoms. The number of benzene rings is 1. The van der Waals surface area contributed by atoms with Gasteiger partial charge in [0.25, 0.3) is 5.91 Å². The fourth-order valence-electron chi connectivity index (χ4n) is 2.37. The van der Waals surface area contributed by atoms with Crippen LogP contribution < -0.4 is 16.0 Å². The Labute approximate surface area is 119 Å². The second-order valence-electron chi connectivity index (χ2n) is 4.97. The zero-order valence-electron chi connectivity index (χ0n) is 11.7. The molecule has 0 aromatic heterocycles. The van der Waals surface area contributed by atoms with Gasteiger partial charge in [-0.1, -0.05) is 18.2 Å². The molecule has 0 bridgehead atoms. The highest BCUT2D eigenvalue weighted by Gasteiger charge is 2.24. The highest BCUT2D eigenvalue weighted by Crippen LogP contribution is 2.11. The number of amides is 2. The van der Waals surface area contributed by atoms with Crippen molar-refractivity contribution in [1.29, 1.82) is 0 Å². The van der Waals surface area contributed by atoms with Crippen LogP contribution in [0.5, 0.6) is 0 Å². The van der Waals surface area contributed by atoms with Crippen molar-refractivity contribution in [3.63, 3.8) is 0 Å². The van der Waals surface area contributed by atoms with E-state index in [1.165, 1.54) is 0 Å². The predicted molar refractivity (Wildman–Crippen MR) is 77.6 cm³/mol. The van der Waals surface area contributed by atoms with E-state index in [0.717, 1.165) is 24.9 Å². The Morgan fingerprint density at radius 3 is 2.95 bits per heavy atom. The monoisotopic (exact) mass is 275 g/mol. The second-order valence-corrected chi connectivity index (χ2v) is 4.97. The summed E-state index contributed by atoms with van der Waals surface area (Å²) in [6.45, 7) is 1.51. The molecule has 0 radical (unpaired) electrons. The van der Waals surface area contributed by atoms with Gasteiger partial charge in [0, 0.05) is 12.1 Å². The fraction of sp³-hybridized carbons (Fsp3) is 0.467. The van der Waals surface area contributed by atoms with Gasteiger partial charge in [0.1, 0.15) is 6.04 Å². The zero-order valence-corrected chi connectivity index (χ0v) is 11.7. The smallest absolute Gasteiger partial charge is 0.252 e. The Morgan fingerprint density at radius 1 is 1.40 bits per heavy atom. The van der Waals surface area contributed by atoms with Gasteiger partial charge >= 0.3 is 0 Å². The number of likely N-dealkylation sites (N-methyl/N-ethyl adjacent to an activating group) is 1. The van der Waals surface area contributed by atoms with Gasteiger partial charge in [0.2, 0.25) is 5.91 Å². The van der Waals surface area contributed by atoms with Crippen molar-refractivity contribution in [2.24, 2.45) is 0 Å². The quantitative estimate of drug-likeness (QED) is 0.731. The van der Waals surface area contributed by atoms with E-state index >= 15 is 0 Å². The van der Waals surface area contributed by atoms with Crippen LogP contribution in [0.3, 0.4) is 0 Å². The highest BCUT2D eigenvalue weighted by atomic mass is 16.2. The Morgan fingerprint density at radius 2 is 2.20 bits per heavy atom. The van der Waals surface area contributed by atoms with Crippen molar-refractivity contribution >= 4 is 11.8 Å². The number of carbonyl (C=O) groups is 2. The van der Waals surface area contributed by atoms with Crippen LogP contribution in [0.25, 0.3) is 0 Å². The third-order valence-electron chi connectivity index (χ3n) is 3.50. The first-order chi connectivity index (χ1) is 9.72. The van der Waals surface area contributed by atoms with Gasteiger partial charge in [0.15, 0.2) is 0 Å². The van der Waals surface area contributed by atoms with Crippen LogP contribution in [0.1, 0.15) is 28.8 Å². The standard InChI is InChI=1S/C15H21N3O2/c1-16-10-8-11-5-2-3-6-12(11)14(19)18-13-7-4-9-17-15(13)20/h2-3,5-6,13,16H,4,7-10H2,1H3,(H,17,20)(H,18,19). The molecule has 108 valence electrons. The number of carbonyl (C=O) groups excluding carboxylic acids is 2. The van der Waals surface area contributed by atoms with E-state index in [1.54, 1.807) is 6.07 Å². The topological polar surface area (TPSA) is 70.2 Å². The molecule has 3 N–H and O–H groups in total. The van der Waals surface area contributed by atoms with E-state index < -0.39 is 6.04 Å². The first-order valence-electron chi connectivity index (χ1n) is 7.03. The van der Waals surface area contributed by atoms with E-state index in [2.05, 4.69) is 16.0 Å². The van der Waals surface area contributed by atoms with Crippen molar-refractivity contribution in [1.82, 2.24) is 16.0 Å². The van der Waals surface area contributed by atoms with Gasteiger partial charge in [-0.05, 0) is 44.5 Å². The third kappa shape index (κ3) is 3.57. The summed E-state index contributed by atoms with van der Waals surface area (Å²) < 4.78 is 0. The molecule has 2 rings (SSSR count). The summed E-state index contributed by atoms with van der Waals surface area (Å²) in [5.74, 6) is -0.254. The van der Waals surface area contributed by atoms with Crippen molar-refractivity contribution in [3.8, 4) is 0 Å². The van der Waals surface area contributed by atoms with Crippen molar-refractivity contribution < 1.29 is 9.59 Å². The Kier molecular flexibility index (Phi) is 5.12. The molecule has 2 amide bonds. The number of hydrogen-bond donors (Lipinski definition) is 3. The molecule has 5 heteroatoms. The lowest BCUT2D eigenvalue weighted by Gasteiger charge is -2.23. The molecule has 1 saturated heterocycles. The molecule has 1 aliphatic rings. The molecule has 0 spiro atoms. The maximum absolute atomic E-state index is 12.3. The molecule has 0 saturated carbocycles. The van der Waals surface area contributed by atoms with Crippen LogP contribution in [-0.4, -0.2) is 38.0 Å². The minimum Gasteiger partial charge on any atom is -0.354 e. The van der Waals surface area contributed by atoms with Crippen LogP contribution in [0, 0.1) is 0 Å². The summed E-state index contributed by atoms with van der Waals surface area (Å²) in [4.78, 5) is 24.0. The summed E-state index contributed by atoms with van der Waals surface area (Å²) >= 11 is 0. The van der Waals surface area contributed by atoms with E-state index in [4.69, 9.17) is 0 Å². The van der Waals surface area contributed by atoms with E-state index in [-0.39, 0.29) is 11.8 Å². The average molecular weight is 275 g/mol. The summed E-state index contributed by atoms with van der Waals surface area (Å²) in [5.41, 5.74) is 1.65. The molecule has 1 aromatic carbocycles. The van der Waals surface area contributed by atoms with Crippen LogP contribution in [0.4, 0.5) is 0 Å². The number of nitrogens with one attached hydrogen (secondary N) is 3. The lowest BCUT2D eigenvalue weighted by molar-refractivity contribution is -0.124. The Hall–Kier alpha value is -1.88. The number of hydrogen-bond acceptors (Lipinski definition) is 3. The summed E-state index contributed by atoms with van der Waals surface area (Å²) in [7, 11) is 1.88. The normalized spacial score (nSPS) is 18.4. The van der Waals surface area contributed by atoms with Crippen molar-refractivity contribution in [2.75, 3.05) is 20.1 Å². The predicted octanol–water partition coefficient (Wildman–Crippen LogP) is 0.457. The number of rotatable bonds is 5. The molecule has 1 aliphatic heterocycles.